The first-order chi connectivity index (χ1) is 11.1. The number of benzene rings is 1. The molecule has 0 aliphatic carbocycles. The zero-order valence-electron chi connectivity index (χ0n) is 12.5. The summed E-state index contributed by atoms with van der Waals surface area (Å²) in [6.45, 7) is 1.48. The summed E-state index contributed by atoms with van der Waals surface area (Å²) in [6, 6.07) is 4.88. The molecule has 1 aromatic carbocycles. The summed E-state index contributed by atoms with van der Waals surface area (Å²) in [6.07, 6.45) is -4.64. The van der Waals surface area contributed by atoms with E-state index in [0.717, 1.165) is 25.2 Å². The molecular formula is C14H12F3N3O3S. The van der Waals surface area contributed by atoms with Gasteiger partial charge in [-0.2, -0.15) is 18.3 Å². The summed E-state index contributed by atoms with van der Waals surface area (Å²) < 4.78 is 55.5. The largest absolute Gasteiger partial charge is 0.478 e. The molecule has 0 amide bonds. The molecule has 1 heterocycles. The highest BCUT2D eigenvalue weighted by atomic mass is 32.2. The maximum Gasteiger partial charge on any atom is 0.416 e. The minimum Gasteiger partial charge on any atom is -0.478 e. The van der Waals surface area contributed by atoms with Gasteiger partial charge in [-0.1, -0.05) is 6.07 Å². The van der Waals surface area contributed by atoms with Crippen molar-refractivity contribution < 1.29 is 27.3 Å². The van der Waals surface area contributed by atoms with Crippen LogP contribution in [0.2, 0.25) is 0 Å². The van der Waals surface area contributed by atoms with Crippen molar-refractivity contribution in [1.82, 2.24) is 10.2 Å². The number of carbonyl (C=O) groups is 1. The summed E-state index contributed by atoms with van der Waals surface area (Å²) >= 11 is 0. The first-order valence-corrected chi connectivity index (χ1v) is 8.01. The maximum atomic E-state index is 13.2. The number of carboxylic acids is 1. The van der Waals surface area contributed by atoms with Gasteiger partial charge in [-0.25, -0.2) is 13.4 Å². The summed E-state index contributed by atoms with van der Waals surface area (Å²) in [5.41, 5.74) is -1.18. The van der Waals surface area contributed by atoms with Crippen LogP contribution in [0.4, 0.5) is 13.2 Å². The highest BCUT2D eigenvalue weighted by Crippen LogP contribution is 2.32. The smallest absolute Gasteiger partial charge is 0.416 e. The standard InChI is InChI=1S/C14H12F3N3O3S/c1-8-6-11(13(21)22)12(20-19-8)24(23,18-2)10-5-3-4-9(7-10)14(15,16)17/h3-7H,1-2H3,(H,21,22). The number of hydrogen-bond acceptors (Lipinski definition) is 5. The fourth-order valence-corrected chi connectivity index (χ4v) is 3.74. The molecule has 0 saturated carbocycles. The van der Waals surface area contributed by atoms with Crippen LogP contribution in [-0.2, 0) is 15.9 Å². The van der Waals surface area contributed by atoms with E-state index in [-0.39, 0.29) is 10.6 Å². The topological polar surface area (TPSA) is 92.5 Å². The van der Waals surface area contributed by atoms with E-state index >= 15 is 0 Å². The number of nitrogens with zero attached hydrogens (tertiary/aromatic N) is 3. The molecule has 24 heavy (non-hydrogen) atoms. The van der Waals surface area contributed by atoms with Crippen LogP contribution in [0.25, 0.3) is 0 Å². The van der Waals surface area contributed by atoms with Crippen LogP contribution in [0.5, 0.6) is 0 Å². The predicted molar refractivity (Wildman–Crippen MR) is 78.2 cm³/mol. The first-order valence-electron chi connectivity index (χ1n) is 6.50. The Labute approximate surface area is 135 Å². The number of aromatic nitrogens is 2. The van der Waals surface area contributed by atoms with Gasteiger partial charge < -0.3 is 5.11 Å². The van der Waals surface area contributed by atoms with Gasteiger partial charge in [-0.15, -0.1) is 5.10 Å². The SMILES string of the molecule is CN=S(=O)(c1cccc(C(F)(F)F)c1)c1nnc(C)cc1C(=O)O. The molecule has 1 N–H and O–H groups in total. The molecule has 0 fully saturated rings. The van der Waals surface area contributed by atoms with Gasteiger partial charge in [0.15, 0.2) is 5.03 Å². The van der Waals surface area contributed by atoms with Gasteiger partial charge in [0.25, 0.3) is 0 Å². The Bertz CT molecular complexity index is 919. The van der Waals surface area contributed by atoms with Crippen LogP contribution < -0.4 is 0 Å². The Morgan fingerprint density at radius 3 is 2.46 bits per heavy atom. The summed E-state index contributed by atoms with van der Waals surface area (Å²) in [7, 11) is -2.57. The number of rotatable bonds is 3. The number of aryl methyl sites for hydroxylation is 1. The van der Waals surface area contributed by atoms with Crippen LogP contribution >= 0.6 is 0 Å². The lowest BCUT2D eigenvalue weighted by Crippen LogP contribution is -2.14. The average Bonchev–Trinajstić information content (AvgIpc) is 2.53. The minimum atomic E-state index is -4.64. The van der Waals surface area contributed by atoms with Crippen LogP contribution in [0.15, 0.2) is 44.6 Å². The van der Waals surface area contributed by atoms with Crippen molar-refractivity contribution in [2.24, 2.45) is 4.36 Å². The molecule has 1 aromatic heterocycles. The number of halogens is 3. The third-order valence-corrected chi connectivity index (χ3v) is 5.35. The molecule has 0 aliphatic heterocycles. The molecule has 0 radical (unpaired) electrons. The van der Waals surface area contributed by atoms with Gasteiger partial charge in [0, 0.05) is 7.05 Å². The molecule has 2 rings (SSSR count). The second kappa shape index (κ2) is 6.19. The zero-order valence-corrected chi connectivity index (χ0v) is 13.4. The monoisotopic (exact) mass is 359 g/mol. The van der Waals surface area contributed by atoms with Crippen molar-refractivity contribution in [2.45, 2.75) is 23.0 Å². The van der Waals surface area contributed by atoms with Crippen molar-refractivity contribution in [3.63, 3.8) is 0 Å². The lowest BCUT2D eigenvalue weighted by molar-refractivity contribution is -0.137. The van der Waals surface area contributed by atoms with Crippen molar-refractivity contribution in [1.29, 1.82) is 0 Å². The lowest BCUT2D eigenvalue weighted by atomic mass is 10.2. The molecular weight excluding hydrogens is 347 g/mol. The number of hydrogen-bond donors (Lipinski definition) is 1. The Kier molecular flexibility index (Phi) is 4.61. The van der Waals surface area contributed by atoms with Crippen LogP contribution in [-0.4, -0.2) is 32.5 Å². The first kappa shape index (κ1) is 17.9. The number of carboxylic acid groups (broad SMARTS) is 1. The van der Waals surface area contributed by atoms with Gasteiger partial charge >= 0.3 is 12.1 Å². The molecule has 2 aromatic rings. The Morgan fingerprint density at radius 1 is 1.25 bits per heavy atom. The van der Waals surface area contributed by atoms with Crippen LogP contribution in [0, 0.1) is 6.92 Å². The van der Waals surface area contributed by atoms with E-state index in [1.54, 1.807) is 0 Å². The van der Waals surface area contributed by atoms with Crippen molar-refractivity contribution in [3.8, 4) is 0 Å². The van der Waals surface area contributed by atoms with Crippen molar-refractivity contribution >= 4 is 15.7 Å². The van der Waals surface area contributed by atoms with E-state index in [9.17, 15) is 27.3 Å². The van der Waals surface area contributed by atoms with Crippen molar-refractivity contribution in [2.75, 3.05) is 7.05 Å². The molecule has 0 saturated heterocycles. The molecule has 6 nitrogen and oxygen atoms in total. The average molecular weight is 359 g/mol. The summed E-state index contributed by atoms with van der Waals surface area (Å²) in [5, 5.41) is 16.1. The van der Waals surface area contributed by atoms with E-state index in [1.807, 2.05) is 0 Å². The summed E-state index contributed by atoms with van der Waals surface area (Å²) in [4.78, 5) is 11.1. The highest BCUT2D eigenvalue weighted by Gasteiger charge is 2.32. The van der Waals surface area contributed by atoms with Gasteiger partial charge in [0.1, 0.15) is 9.73 Å². The second-order valence-corrected chi connectivity index (χ2v) is 7.02. The highest BCUT2D eigenvalue weighted by molar-refractivity contribution is 7.93. The molecule has 0 aliphatic rings. The van der Waals surface area contributed by atoms with E-state index in [2.05, 4.69) is 14.6 Å². The maximum absolute atomic E-state index is 13.2. The molecule has 1 unspecified atom stereocenters. The van der Waals surface area contributed by atoms with E-state index in [1.165, 1.54) is 13.0 Å². The van der Waals surface area contributed by atoms with E-state index in [0.29, 0.717) is 6.07 Å². The molecule has 1 atom stereocenters. The van der Waals surface area contributed by atoms with Gasteiger partial charge in [0.05, 0.1) is 21.7 Å². The van der Waals surface area contributed by atoms with Gasteiger partial charge in [0.2, 0.25) is 0 Å². The van der Waals surface area contributed by atoms with E-state index in [4.69, 9.17) is 0 Å². The fraction of sp³-hybridized carbons (Fsp3) is 0.214. The number of alkyl halides is 3. The lowest BCUT2D eigenvalue weighted by Gasteiger charge is -2.13. The predicted octanol–water partition coefficient (Wildman–Crippen LogP) is 3.02. The molecule has 0 bridgehead atoms. The quantitative estimate of drug-likeness (QED) is 0.909. The minimum absolute atomic E-state index is 0.262. The normalized spacial score (nSPS) is 14.0. The summed E-state index contributed by atoms with van der Waals surface area (Å²) in [5.74, 6) is -1.42. The van der Waals surface area contributed by atoms with Crippen LogP contribution in [0.1, 0.15) is 21.6 Å². The van der Waals surface area contributed by atoms with Crippen LogP contribution in [0.3, 0.4) is 0 Å². The molecule has 0 spiro atoms. The third-order valence-electron chi connectivity index (χ3n) is 3.11. The third kappa shape index (κ3) is 3.23. The van der Waals surface area contributed by atoms with E-state index < -0.39 is 38.0 Å². The molecule has 10 heteroatoms. The Hall–Kier alpha value is -2.49. The zero-order chi connectivity index (χ0) is 18.1. The van der Waals surface area contributed by atoms with Gasteiger partial charge in [-0.3, -0.25) is 0 Å². The molecule has 128 valence electrons. The second-order valence-electron chi connectivity index (χ2n) is 4.74. The fourth-order valence-electron chi connectivity index (χ4n) is 1.98. The number of aromatic carboxylic acids is 1. The Balaban J connectivity index is 2.77. The Morgan fingerprint density at radius 2 is 1.92 bits per heavy atom. The van der Waals surface area contributed by atoms with Crippen molar-refractivity contribution in [3.05, 3.63) is 47.2 Å². The van der Waals surface area contributed by atoms with Gasteiger partial charge in [-0.05, 0) is 31.2 Å².